The summed E-state index contributed by atoms with van der Waals surface area (Å²) in [7, 11) is -1.09. The standard InChI is InChI=1S/C15H29N3O3S/c1-13-12-18(14(2)11-16(13)3)15(19)7-6-10-22(20,21)17-8-4-5-9-17/h13-14H,4-12H2,1-3H3. The molecule has 0 bridgehead atoms. The molecule has 2 rings (SSSR count). The fraction of sp³-hybridized carbons (Fsp3) is 0.933. The Bertz CT molecular complexity index is 488. The van der Waals surface area contributed by atoms with Crippen molar-refractivity contribution < 1.29 is 13.2 Å². The van der Waals surface area contributed by atoms with Crippen LogP contribution in [0, 0.1) is 0 Å². The molecule has 0 N–H and O–H groups in total. The molecule has 0 aromatic rings. The van der Waals surface area contributed by atoms with Gasteiger partial charge >= 0.3 is 0 Å². The topological polar surface area (TPSA) is 60.9 Å². The lowest BCUT2D eigenvalue weighted by atomic mass is 10.1. The molecule has 0 aliphatic carbocycles. The van der Waals surface area contributed by atoms with Crippen LogP contribution in [0.2, 0.25) is 0 Å². The van der Waals surface area contributed by atoms with E-state index in [4.69, 9.17) is 0 Å². The molecule has 2 aliphatic heterocycles. The van der Waals surface area contributed by atoms with E-state index in [0.717, 1.165) is 25.9 Å². The molecule has 128 valence electrons. The van der Waals surface area contributed by atoms with Gasteiger partial charge in [-0.25, -0.2) is 12.7 Å². The van der Waals surface area contributed by atoms with E-state index in [0.29, 0.717) is 32.0 Å². The van der Waals surface area contributed by atoms with Gasteiger partial charge in [0, 0.05) is 44.7 Å². The lowest BCUT2D eigenvalue weighted by Gasteiger charge is -2.42. The zero-order valence-electron chi connectivity index (χ0n) is 14.0. The van der Waals surface area contributed by atoms with Crippen molar-refractivity contribution in [3.63, 3.8) is 0 Å². The van der Waals surface area contributed by atoms with Crippen molar-refractivity contribution in [3.05, 3.63) is 0 Å². The van der Waals surface area contributed by atoms with Crippen molar-refractivity contribution in [2.24, 2.45) is 0 Å². The highest BCUT2D eigenvalue weighted by atomic mass is 32.2. The van der Waals surface area contributed by atoms with Crippen molar-refractivity contribution in [2.75, 3.05) is 39.0 Å². The Labute approximate surface area is 134 Å². The Kier molecular flexibility index (Phi) is 5.85. The van der Waals surface area contributed by atoms with Crippen LogP contribution in [0.3, 0.4) is 0 Å². The summed E-state index contributed by atoms with van der Waals surface area (Å²) in [4.78, 5) is 16.5. The van der Waals surface area contributed by atoms with Gasteiger partial charge in [-0.3, -0.25) is 9.69 Å². The predicted molar refractivity (Wildman–Crippen MR) is 87.1 cm³/mol. The maximum atomic E-state index is 12.4. The number of likely N-dealkylation sites (N-methyl/N-ethyl adjacent to an activating group) is 1. The monoisotopic (exact) mass is 331 g/mol. The van der Waals surface area contributed by atoms with Crippen LogP contribution in [0.1, 0.15) is 39.5 Å². The molecule has 0 radical (unpaired) electrons. The maximum absolute atomic E-state index is 12.4. The molecule has 2 unspecified atom stereocenters. The number of hydrogen-bond donors (Lipinski definition) is 0. The number of amides is 1. The van der Waals surface area contributed by atoms with Gasteiger partial charge in [0.25, 0.3) is 0 Å². The first-order chi connectivity index (χ1) is 10.3. The van der Waals surface area contributed by atoms with Gasteiger partial charge in [-0.1, -0.05) is 0 Å². The van der Waals surface area contributed by atoms with Crippen LogP contribution in [0.15, 0.2) is 0 Å². The molecule has 0 spiro atoms. The lowest BCUT2D eigenvalue weighted by molar-refractivity contribution is -0.136. The van der Waals surface area contributed by atoms with Crippen LogP contribution in [0.25, 0.3) is 0 Å². The SMILES string of the molecule is CC1CN(C(=O)CCCS(=O)(=O)N2CCCC2)C(C)CN1C. The summed E-state index contributed by atoms with van der Waals surface area (Å²) >= 11 is 0. The van der Waals surface area contributed by atoms with Gasteiger partial charge in [0.2, 0.25) is 15.9 Å². The van der Waals surface area contributed by atoms with Crippen molar-refractivity contribution in [1.29, 1.82) is 0 Å². The second-order valence-electron chi connectivity index (χ2n) is 6.71. The second kappa shape index (κ2) is 7.27. The Morgan fingerprint density at radius 3 is 2.36 bits per heavy atom. The number of rotatable bonds is 5. The zero-order chi connectivity index (χ0) is 16.3. The van der Waals surface area contributed by atoms with Gasteiger partial charge in [-0.05, 0) is 40.2 Å². The molecule has 2 heterocycles. The Balaban J connectivity index is 1.80. The highest BCUT2D eigenvalue weighted by Gasteiger charge is 2.30. The maximum Gasteiger partial charge on any atom is 0.222 e. The minimum Gasteiger partial charge on any atom is -0.337 e. The molecule has 2 atom stereocenters. The normalized spacial score (nSPS) is 28.2. The molecule has 7 heteroatoms. The van der Waals surface area contributed by atoms with E-state index >= 15 is 0 Å². The number of carbonyl (C=O) groups excluding carboxylic acids is 1. The van der Waals surface area contributed by atoms with Crippen LogP contribution in [0.5, 0.6) is 0 Å². The third-order valence-electron chi connectivity index (χ3n) is 4.87. The molecule has 0 aromatic heterocycles. The Morgan fingerprint density at radius 2 is 1.73 bits per heavy atom. The number of sulfonamides is 1. The van der Waals surface area contributed by atoms with E-state index < -0.39 is 10.0 Å². The van der Waals surface area contributed by atoms with Crippen LogP contribution in [-0.2, 0) is 14.8 Å². The van der Waals surface area contributed by atoms with Crippen LogP contribution >= 0.6 is 0 Å². The van der Waals surface area contributed by atoms with E-state index in [9.17, 15) is 13.2 Å². The molecule has 22 heavy (non-hydrogen) atoms. The van der Waals surface area contributed by atoms with Crippen LogP contribution in [-0.4, -0.2) is 79.5 Å². The third-order valence-corrected chi connectivity index (χ3v) is 6.83. The number of piperazine rings is 1. The fourth-order valence-corrected chi connectivity index (χ4v) is 4.87. The second-order valence-corrected chi connectivity index (χ2v) is 8.80. The first kappa shape index (κ1) is 17.7. The molecule has 6 nitrogen and oxygen atoms in total. The smallest absolute Gasteiger partial charge is 0.222 e. The fourth-order valence-electron chi connectivity index (χ4n) is 3.29. The molecule has 0 saturated carbocycles. The van der Waals surface area contributed by atoms with E-state index in [-0.39, 0.29) is 17.7 Å². The van der Waals surface area contributed by atoms with Gasteiger partial charge in [-0.2, -0.15) is 0 Å². The highest BCUT2D eigenvalue weighted by molar-refractivity contribution is 7.89. The zero-order valence-corrected chi connectivity index (χ0v) is 14.8. The average molecular weight is 331 g/mol. The van der Waals surface area contributed by atoms with Gasteiger partial charge in [0.05, 0.1) is 5.75 Å². The summed E-state index contributed by atoms with van der Waals surface area (Å²) in [5, 5.41) is 0. The summed E-state index contributed by atoms with van der Waals surface area (Å²) < 4.78 is 25.9. The predicted octanol–water partition coefficient (Wildman–Crippen LogP) is 0.743. The summed E-state index contributed by atoms with van der Waals surface area (Å²) in [5.41, 5.74) is 0. The molecule has 2 fully saturated rings. The van der Waals surface area contributed by atoms with Gasteiger partial charge < -0.3 is 4.90 Å². The number of carbonyl (C=O) groups is 1. The summed E-state index contributed by atoms with van der Waals surface area (Å²) in [5.74, 6) is 0.181. The molecule has 2 saturated heterocycles. The lowest BCUT2D eigenvalue weighted by Crippen LogP contribution is -2.56. The van der Waals surface area contributed by atoms with E-state index in [1.165, 1.54) is 0 Å². The summed E-state index contributed by atoms with van der Waals surface area (Å²) in [6, 6.07) is 0.553. The van der Waals surface area contributed by atoms with E-state index in [1.807, 2.05) is 4.90 Å². The average Bonchev–Trinajstić information content (AvgIpc) is 2.97. The molecule has 0 aromatic carbocycles. The third kappa shape index (κ3) is 4.20. The van der Waals surface area contributed by atoms with Crippen molar-refractivity contribution in [3.8, 4) is 0 Å². The minimum atomic E-state index is -3.17. The van der Waals surface area contributed by atoms with Gasteiger partial charge in [0.1, 0.15) is 0 Å². The highest BCUT2D eigenvalue weighted by Crippen LogP contribution is 2.17. The van der Waals surface area contributed by atoms with E-state index in [2.05, 4.69) is 25.8 Å². The number of hydrogen-bond acceptors (Lipinski definition) is 4. The van der Waals surface area contributed by atoms with E-state index in [1.54, 1.807) is 4.31 Å². The molecular formula is C15H29N3O3S. The minimum absolute atomic E-state index is 0.0871. The Morgan fingerprint density at radius 1 is 1.09 bits per heavy atom. The van der Waals surface area contributed by atoms with Gasteiger partial charge in [0.15, 0.2) is 0 Å². The van der Waals surface area contributed by atoms with Crippen LogP contribution in [0.4, 0.5) is 0 Å². The summed E-state index contributed by atoms with van der Waals surface area (Å²) in [6.45, 7) is 7.06. The first-order valence-corrected chi connectivity index (χ1v) is 9.89. The van der Waals surface area contributed by atoms with Crippen molar-refractivity contribution in [2.45, 2.75) is 51.6 Å². The van der Waals surface area contributed by atoms with Gasteiger partial charge in [-0.15, -0.1) is 0 Å². The largest absolute Gasteiger partial charge is 0.337 e. The van der Waals surface area contributed by atoms with Crippen LogP contribution < -0.4 is 0 Å². The van der Waals surface area contributed by atoms with Crippen molar-refractivity contribution in [1.82, 2.24) is 14.1 Å². The molecule has 2 aliphatic rings. The summed E-state index contributed by atoms with van der Waals surface area (Å²) in [6.07, 6.45) is 2.66. The molecular weight excluding hydrogens is 302 g/mol. The van der Waals surface area contributed by atoms with Crippen molar-refractivity contribution >= 4 is 15.9 Å². The quantitative estimate of drug-likeness (QED) is 0.746. The number of nitrogens with zero attached hydrogens (tertiary/aromatic N) is 3. The first-order valence-electron chi connectivity index (χ1n) is 8.29. The molecule has 1 amide bonds. The Hall–Kier alpha value is -0.660.